The molecule has 6 heteroatoms. The molecule has 1 aromatic heterocycles. The Morgan fingerprint density at radius 2 is 1.59 bits per heavy atom. The molecule has 1 aliphatic rings. The summed E-state index contributed by atoms with van der Waals surface area (Å²) in [6, 6.07) is 28.1. The van der Waals surface area contributed by atoms with Crippen LogP contribution in [0.3, 0.4) is 0 Å². The zero-order valence-corrected chi connectivity index (χ0v) is 20.5. The Bertz CT molecular complexity index is 1380. The lowest BCUT2D eigenvalue weighted by Gasteiger charge is -2.23. The number of rotatable bonds is 5. The van der Waals surface area contributed by atoms with Gasteiger partial charge in [0.2, 0.25) is 0 Å². The molecule has 1 fully saturated rings. The molecule has 4 aromatic rings. The molecule has 1 saturated heterocycles. The molecule has 0 bridgehead atoms. The second-order valence-electron chi connectivity index (χ2n) is 8.22. The maximum atomic E-state index is 13.4. The summed E-state index contributed by atoms with van der Waals surface area (Å²) < 4.78 is 2.42. The van der Waals surface area contributed by atoms with Crippen molar-refractivity contribution in [1.29, 1.82) is 0 Å². The van der Waals surface area contributed by atoms with Crippen LogP contribution in [-0.2, 0) is 4.79 Å². The molecule has 0 radical (unpaired) electrons. The fourth-order valence-electron chi connectivity index (χ4n) is 3.98. The monoisotopic (exact) mass is 481 g/mol. The van der Waals surface area contributed by atoms with Crippen molar-refractivity contribution >= 4 is 40.3 Å². The van der Waals surface area contributed by atoms with Crippen LogP contribution in [0.2, 0.25) is 0 Å². The van der Waals surface area contributed by atoms with Gasteiger partial charge in [-0.05, 0) is 37.6 Å². The Morgan fingerprint density at radius 3 is 2.26 bits per heavy atom. The van der Waals surface area contributed by atoms with Crippen molar-refractivity contribution in [3.63, 3.8) is 0 Å². The van der Waals surface area contributed by atoms with Gasteiger partial charge in [-0.25, -0.2) is 4.68 Å². The number of aryl methyl sites for hydroxylation is 1. The van der Waals surface area contributed by atoms with Gasteiger partial charge in [0.05, 0.1) is 22.3 Å². The molecule has 168 valence electrons. The largest absolute Gasteiger partial charge is 0.286 e. The summed E-state index contributed by atoms with van der Waals surface area (Å²) >= 11 is 6.96. The molecule has 3 aromatic carbocycles. The number of nitrogens with zero attached hydrogens (tertiary/aromatic N) is 3. The van der Waals surface area contributed by atoms with Gasteiger partial charge in [0.25, 0.3) is 5.91 Å². The molecule has 0 N–H and O–H groups in total. The Balaban J connectivity index is 1.54. The van der Waals surface area contributed by atoms with Crippen LogP contribution in [0.15, 0.2) is 96.0 Å². The van der Waals surface area contributed by atoms with Crippen LogP contribution >= 0.6 is 24.0 Å². The summed E-state index contributed by atoms with van der Waals surface area (Å²) in [6.07, 6.45) is 3.89. The van der Waals surface area contributed by atoms with Gasteiger partial charge in [-0.1, -0.05) is 102 Å². The Kier molecular flexibility index (Phi) is 6.18. The molecule has 4 nitrogen and oxygen atoms in total. The van der Waals surface area contributed by atoms with Crippen LogP contribution in [-0.4, -0.2) is 24.9 Å². The van der Waals surface area contributed by atoms with E-state index in [0.717, 1.165) is 28.1 Å². The Labute approximate surface area is 208 Å². The second kappa shape index (κ2) is 9.41. The SMILES string of the molecule is Cc1ccc(-c2nn(-c3ccccc3)cc2/C=C2/SC(=S)N(C(C)c3ccccc3)C2=O)cc1. The van der Waals surface area contributed by atoms with Crippen molar-refractivity contribution in [1.82, 2.24) is 14.7 Å². The maximum absolute atomic E-state index is 13.4. The molecule has 1 unspecified atom stereocenters. The molecule has 1 amide bonds. The summed E-state index contributed by atoms with van der Waals surface area (Å²) in [6.45, 7) is 4.07. The van der Waals surface area contributed by atoms with Gasteiger partial charge in [-0.15, -0.1) is 0 Å². The zero-order chi connectivity index (χ0) is 23.7. The first-order valence-electron chi connectivity index (χ1n) is 11.1. The first-order valence-corrected chi connectivity index (χ1v) is 12.3. The van der Waals surface area contributed by atoms with Gasteiger partial charge < -0.3 is 0 Å². The van der Waals surface area contributed by atoms with Gasteiger partial charge in [0, 0.05) is 17.3 Å². The van der Waals surface area contributed by atoms with Crippen molar-refractivity contribution in [2.24, 2.45) is 0 Å². The first-order chi connectivity index (χ1) is 16.5. The number of hydrogen-bond donors (Lipinski definition) is 0. The van der Waals surface area contributed by atoms with Crippen LogP contribution in [0.4, 0.5) is 0 Å². The minimum Gasteiger partial charge on any atom is -0.286 e. The van der Waals surface area contributed by atoms with Crippen molar-refractivity contribution < 1.29 is 4.79 Å². The van der Waals surface area contributed by atoms with Gasteiger partial charge in [0.1, 0.15) is 4.32 Å². The predicted octanol–water partition coefficient (Wildman–Crippen LogP) is 6.81. The van der Waals surface area contributed by atoms with E-state index in [4.69, 9.17) is 17.3 Å². The van der Waals surface area contributed by atoms with E-state index in [1.54, 1.807) is 4.90 Å². The van der Waals surface area contributed by atoms with Crippen LogP contribution < -0.4 is 0 Å². The van der Waals surface area contributed by atoms with E-state index in [2.05, 4.69) is 31.2 Å². The number of thiocarbonyl (C=S) groups is 1. The number of aromatic nitrogens is 2. The first kappa shape index (κ1) is 22.3. The van der Waals surface area contributed by atoms with E-state index in [-0.39, 0.29) is 11.9 Å². The molecule has 1 atom stereocenters. The number of para-hydroxylation sites is 1. The van der Waals surface area contributed by atoms with Crippen molar-refractivity contribution in [2.75, 3.05) is 0 Å². The highest BCUT2D eigenvalue weighted by Gasteiger charge is 2.36. The average Bonchev–Trinajstić information content (AvgIpc) is 3.41. The second-order valence-corrected chi connectivity index (χ2v) is 9.89. The van der Waals surface area contributed by atoms with E-state index in [0.29, 0.717) is 9.23 Å². The van der Waals surface area contributed by atoms with Crippen LogP contribution in [0.25, 0.3) is 23.0 Å². The smallest absolute Gasteiger partial charge is 0.266 e. The summed E-state index contributed by atoms with van der Waals surface area (Å²) in [5, 5.41) is 4.87. The third kappa shape index (κ3) is 4.34. The lowest BCUT2D eigenvalue weighted by Crippen LogP contribution is -2.30. The van der Waals surface area contributed by atoms with Crippen LogP contribution in [0.1, 0.15) is 29.7 Å². The molecule has 5 rings (SSSR count). The minimum absolute atomic E-state index is 0.0753. The molecule has 1 aliphatic heterocycles. The number of hydrogen-bond acceptors (Lipinski definition) is 4. The summed E-state index contributed by atoms with van der Waals surface area (Å²) in [5.74, 6) is -0.0753. The lowest BCUT2D eigenvalue weighted by atomic mass is 10.1. The fourth-order valence-corrected chi connectivity index (χ4v) is 5.39. The minimum atomic E-state index is -0.136. The topological polar surface area (TPSA) is 38.1 Å². The number of benzene rings is 3. The molecule has 0 aliphatic carbocycles. The van der Waals surface area contributed by atoms with Gasteiger partial charge in [0.15, 0.2) is 0 Å². The van der Waals surface area contributed by atoms with E-state index < -0.39 is 0 Å². The van der Waals surface area contributed by atoms with E-state index in [1.807, 2.05) is 84.5 Å². The number of thioether (sulfide) groups is 1. The van der Waals surface area contributed by atoms with Gasteiger partial charge in [-0.3, -0.25) is 9.69 Å². The van der Waals surface area contributed by atoms with Crippen LogP contribution in [0, 0.1) is 6.92 Å². The Morgan fingerprint density at radius 1 is 0.941 bits per heavy atom. The molecular weight excluding hydrogens is 458 g/mol. The van der Waals surface area contributed by atoms with Gasteiger partial charge >= 0.3 is 0 Å². The van der Waals surface area contributed by atoms with Crippen molar-refractivity contribution in [2.45, 2.75) is 19.9 Å². The highest BCUT2D eigenvalue weighted by Crippen LogP contribution is 2.39. The van der Waals surface area contributed by atoms with E-state index in [1.165, 1.54) is 17.3 Å². The molecule has 0 saturated carbocycles. The summed E-state index contributed by atoms with van der Waals surface area (Å²) in [7, 11) is 0. The van der Waals surface area contributed by atoms with E-state index >= 15 is 0 Å². The zero-order valence-electron chi connectivity index (χ0n) is 18.9. The maximum Gasteiger partial charge on any atom is 0.266 e. The molecular formula is C28H23N3OS2. The van der Waals surface area contributed by atoms with Crippen molar-refractivity contribution in [3.8, 4) is 16.9 Å². The lowest BCUT2D eigenvalue weighted by molar-refractivity contribution is -0.123. The van der Waals surface area contributed by atoms with Crippen molar-refractivity contribution in [3.05, 3.63) is 113 Å². The standard InChI is InChI=1S/C28H23N3OS2/c1-19-13-15-22(16-14-19)26-23(18-30(29-26)24-11-7-4-8-12-24)17-25-27(32)31(28(33)34-25)20(2)21-9-5-3-6-10-21/h3-18,20H,1-2H3/b25-17+. The highest BCUT2D eigenvalue weighted by molar-refractivity contribution is 8.26. The van der Waals surface area contributed by atoms with E-state index in [9.17, 15) is 4.79 Å². The number of carbonyl (C=O) groups is 1. The number of carbonyl (C=O) groups excluding carboxylic acids is 1. The highest BCUT2D eigenvalue weighted by atomic mass is 32.2. The quantitative estimate of drug-likeness (QED) is 0.232. The third-order valence-corrected chi connectivity index (χ3v) is 7.20. The average molecular weight is 482 g/mol. The predicted molar refractivity (Wildman–Crippen MR) is 144 cm³/mol. The third-order valence-electron chi connectivity index (χ3n) is 5.87. The molecule has 0 spiro atoms. The Hall–Kier alpha value is -3.48. The summed E-state index contributed by atoms with van der Waals surface area (Å²) in [5.41, 5.74) is 5.90. The number of amides is 1. The molecule has 2 heterocycles. The van der Waals surface area contributed by atoms with Crippen LogP contribution in [0.5, 0.6) is 0 Å². The van der Waals surface area contributed by atoms with Gasteiger partial charge in [-0.2, -0.15) is 5.10 Å². The fraction of sp³-hybridized carbons (Fsp3) is 0.107. The summed E-state index contributed by atoms with van der Waals surface area (Å²) in [4.78, 5) is 15.7. The molecule has 34 heavy (non-hydrogen) atoms. The normalized spacial score (nSPS) is 15.8.